The van der Waals surface area contributed by atoms with Crippen molar-refractivity contribution in [2.45, 2.75) is 33.2 Å². The Balaban J connectivity index is 1.62. The van der Waals surface area contributed by atoms with Gasteiger partial charge in [0.1, 0.15) is 5.75 Å². The summed E-state index contributed by atoms with van der Waals surface area (Å²) in [5.41, 5.74) is 2.55. The van der Waals surface area contributed by atoms with Crippen LogP contribution in [0.5, 0.6) is 5.75 Å². The second-order valence-corrected chi connectivity index (χ2v) is 10.3. The first-order valence-corrected chi connectivity index (χ1v) is 12.6. The number of amides is 3. The van der Waals surface area contributed by atoms with Crippen LogP contribution in [0.4, 0.5) is 4.79 Å². The Labute approximate surface area is 215 Å². The van der Waals surface area contributed by atoms with E-state index in [9.17, 15) is 9.59 Å². The van der Waals surface area contributed by atoms with Gasteiger partial charge in [0, 0.05) is 62.5 Å². The number of ether oxygens (including phenoxy) is 1. The molecular weight excluding hydrogens is 452 g/mol. The van der Waals surface area contributed by atoms with Crippen molar-refractivity contribution in [3.05, 3.63) is 71.3 Å². The Bertz CT molecular complexity index is 1040. The van der Waals surface area contributed by atoms with Crippen molar-refractivity contribution in [3.8, 4) is 5.75 Å². The highest BCUT2D eigenvalue weighted by Gasteiger charge is 2.24. The van der Waals surface area contributed by atoms with Crippen molar-refractivity contribution in [3.63, 3.8) is 0 Å². The molecule has 0 aromatic heterocycles. The number of para-hydroxylation sites is 1. The third-order valence-corrected chi connectivity index (χ3v) is 6.18. The van der Waals surface area contributed by atoms with Crippen LogP contribution in [0, 0.1) is 6.92 Å². The number of hydrogen-bond donors (Lipinski definition) is 1. The van der Waals surface area contributed by atoms with E-state index in [1.54, 1.807) is 7.11 Å². The first-order chi connectivity index (χ1) is 17.2. The predicted octanol–water partition coefficient (Wildman–Crippen LogP) is 4.28. The van der Waals surface area contributed by atoms with Crippen LogP contribution in [0.25, 0.3) is 6.08 Å². The number of aryl methyl sites for hydroxylation is 1. The maximum atomic E-state index is 13.4. The van der Waals surface area contributed by atoms with Crippen LogP contribution in [0.3, 0.4) is 0 Å². The summed E-state index contributed by atoms with van der Waals surface area (Å²) in [6.07, 6.45) is 4.01. The highest BCUT2D eigenvalue weighted by Crippen LogP contribution is 2.19. The average Bonchev–Trinajstić information content (AvgIpc) is 2.85. The third kappa shape index (κ3) is 8.12. The highest BCUT2D eigenvalue weighted by atomic mass is 16.5. The molecule has 7 nitrogen and oxygen atoms in total. The van der Waals surface area contributed by atoms with Crippen LogP contribution in [-0.4, -0.2) is 85.1 Å². The predicted molar refractivity (Wildman–Crippen MR) is 145 cm³/mol. The van der Waals surface area contributed by atoms with E-state index in [1.807, 2.05) is 98.2 Å². The van der Waals surface area contributed by atoms with Crippen molar-refractivity contribution >= 4 is 18.0 Å². The number of urea groups is 1. The zero-order chi connectivity index (χ0) is 26.1. The number of hydrogen-bond acceptors (Lipinski definition) is 4. The molecule has 7 heteroatoms. The minimum atomic E-state index is -0.248. The molecule has 2 aromatic carbocycles. The number of carbonyl (C=O) groups excluding carboxylic acids is 2. The largest absolute Gasteiger partial charge is 0.496 e. The molecule has 0 unspecified atom stereocenters. The standard InChI is InChI=1S/C29H40N4O3/c1-23-12-14-25(15-13-23)27(34)32(16-8-10-24-9-6-7-11-26(24)36-5)20-17-31-18-21-33(22-19-31)28(35)30-29(2,3)4/h6-15H,16-22H2,1-5H3,(H,30,35)/b10-8+. The molecule has 36 heavy (non-hydrogen) atoms. The van der Waals surface area contributed by atoms with Crippen LogP contribution >= 0.6 is 0 Å². The number of nitrogens with one attached hydrogen (secondary N) is 1. The molecular formula is C29H40N4O3. The van der Waals surface area contributed by atoms with Gasteiger partial charge in [-0.15, -0.1) is 0 Å². The fourth-order valence-electron chi connectivity index (χ4n) is 4.10. The molecule has 1 aliphatic heterocycles. The summed E-state index contributed by atoms with van der Waals surface area (Å²) < 4.78 is 5.44. The van der Waals surface area contributed by atoms with E-state index < -0.39 is 0 Å². The number of carbonyl (C=O) groups is 2. The van der Waals surface area contributed by atoms with Crippen molar-refractivity contribution < 1.29 is 14.3 Å². The van der Waals surface area contributed by atoms with E-state index in [1.165, 1.54) is 0 Å². The number of nitrogens with zero attached hydrogens (tertiary/aromatic N) is 3. The molecule has 1 N–H and O–H groups in total. The van der Waals surface area contributed by atoms with Crippen LogP contribution in [0.15, 0.2) is 54.6 Å². The molecule has 0 radical (unpaired) electrons. The molecule has 3 rings (SSSR count). The molecule has 1 heterocycles. The molecule has 0 aliphatic carbocycles. The van der Waals surface area contributed by atoms with Gasteiger partial charge in [0.05, 0.1) is 7.11 Å². The van der Waals surface area contributed by atoms with E-state index in [4.69, 9.17) is 4.74 Å². The van der Waals surface area contributed by atoms with E-state index in [0.29, 0.717) is 31.7 Å². The van der Waals surface area contributed by atoms with Gasteiger partial charge in [0.15, 0.2) is 0 Å². The summed E-state index contributed by atoms with van der Waals surface area (Å²) in [6, 6.07) is 15.5. The third-order valence-electron chi connectivity index (χ3n) is 6.18. The molecule has 0 atom stereocenters. The minimum absolute atomic E-state index is 0.0141. The van der Waals surface area contributed by atoms with Gasteiger partial charge in [-0.25, -0.2) is 4.79 Å². The number of benzene rings is 2. The van der Waals surface area contributed by atoms with Crippen LogP contribution in [0.2, 0.25) is 0 Å². The summed E-state index contributed by atoms with van der Waals surface area (Å²) in [4.78, 5) is 31.9. The van der Waals surface area contributed by atoms with E-state index in [2.05, 4.69) is 10.2 Å². The summed E-state index contributed by atoms with van der Waals surface area (Å²) in [5.74, 6) is 0.821. The highest BCUT2D eigenvalue weighted by molar-refractivity contribution is 5.94. The maximum Gasteiger partial charge on any atom is 0.317 e. The Morgan fingerprint density at radius 1 is 1.03 bits per heavy atom. The normalized spacial score (nSPS) is 14.6. The Morgan fingerprint density at radius 2 is 1.69 bits per heavy atom. The molecule has 194 valence electrons. The molecule has 1 saturated heterocycles. The lowest BCUT2D eigenvalue weighted by molar-refractivity contribution is 0.0737. The second-order valence-electron chi connectivity index (χ2n) is 10.3. The average molecular weight is 493 g/mol. The van der Waals surface area contributed by atoms with Crippen molar-refractivity contribution in [1.29, 1.82) is 0 Å². The molecule has 3 amide bonds. The second kappa shape index (κ2) is 12.6. The zero-order valence-corrected chi connectivity index (χ0v) is 22.3. The van der Waals surface area contributed by atoms with Gasteiger partial charge in [-0.2, -0.15) is 0 Å². The fraction of sp³-hybridized carbons (Fsp3) is 0.448. The molecule has 0 saturated carbocycles. The lowest BCUT2D eigenvalue weighted by atomic mass is 10.1. The Kier molecular flexibility index (Phi) is 9.53. The van der Waals surface area contributed by atoms with Gasteiger partial charge < -0.3 is 19.9 Å². The summed E-state index contributed by atoms with van der Waals surface area (Å²) in [7, 11) is 1.66. The minimum Gasteiger partial charge on any atom is -0.496 e. The Hall–Kier alpha value is -3.32. The molecule has 2 aromatic rings. The van der Waals surface area contributed by atoms with Gasteiger partial charge in [0.25, 0.3) is 5.91 Å². The van der Waals surface area contributed by atoms with Gasteiger partial charge in [0.2, 0.25) is 0 Å². The van der Waals surface area contributed by atoms with E-state index >= 15 is 0 Å². The van der Waals surface area contributed by atoms with Gasteiger partial charge in [-0.1, -0.05) is 48.0 Å². The first-order valence-electron chi connectivity index (χ1n) is 12.6. The van der Waals surface area contributed by atoms with Gasteiger partial charge >= 0.3 is 6.03 Å². The lowest BCUT2D eigenvalue weighted by Crippen LogP contribution is -2.55. The van der Waals surface area contributed by atoms with E-state index in [0.717, 1.165) is 36.5 Å². The monoisotopic (exact) mass is 492 g/mol. The molecule has 1 fully saturated rings. The topological polar surface area (TPSA) is 65.1 Å². The molecule has 1 aliphatic rings. The molecule has 0 spiro atoms. The number of methoxy groups -OCH3 is 1. The van der Waals surface area contributed by atoms with Crippen LogP contribution in [0.1, 0.15) is 42.3 Å². The van der Waals surface area contributed by atoms with Crippen LogP contribution in [-0.2, 0) is 0 Å². The zero-order valence-electron chi connectivity index (χ0n) is 22.3. The Morgan fingerprint density at radius 3 is 2.33 bits per heavy atom. The quantitative estimate of drug-likeness (QED) is 0.597. The smallest absolute Gasteiger partial charge is 0.317 e. The van der Waals surface area contributed by atoms with Crippen molar-refractivity contribution in [1.82, 2.24) is 20.0 Å². The van der Waals surface area contributed by atoms with Gasteiger partial charge in [-0.3, -0.25) is 9.69 Å². The number of rotatable bonds is 8. The van der Waals surface area contributed by atoms with Gasteiger partial charge in [-0.05, 0) is 45.9 Å². The fourth-order valence-corrected chi connectivity index (χ4v) is 4.10. The first kappa shape index (κ1) is 27.3. The summed E-state index contributed by atoms with van der Waals surface area (Å²) in [6.45, 7) is 12.8. The summed E-state index contributed by atoms with van der Waals surface area (Å²) in [5, 5.41) is 3.03. The maximum absolute atomic E-state index is 13.4. The van der Waals surface area contributed by atoms with Crippen molar-refractivity contribution in [2.75, 3.05) is 52.9 Å². The lowest BCUT2D eigenvalue weighted by Gasteiger charge is -2.37. The number of piperazine rings is 1. The van der Waals surface area contributed by atoms with Crippen molar-refractivity contribution in [2.24, 2.45) is 0 Å². The van der Waals surface area contributed by atoms with Crippen LogP contribution < -0.4 is 10.1 Å². The summed E-state index contributed by atoms with van der Waals surface area (Å²) >= 11 is 0. The SMILES string of the molecule is COc1ccccc1/C=C/CN(CCN1CCN(C(=O)NC(C)(C)C)CC1)C(=O)c1ccc(C)cc1. The van der Waals surface area contributed by atoms with E-state index in [-0.39, 0.29) is 17.5 Å². The molecule has 0 bridgehead atoms.